The summed E-state index contributed by atoms with van der Waals surface area (Å²) < 4.78 is 45.6. The van der Waals surface area contributed by atoms with E-state index in [1.54, 1.807) is 0 Å². The SMILES string of the molecule is CCC(C)c1n[nH]c(C2CC3(C2)CN([C@H]2OC2N2CCC(NC4(C(F)(F)F)CC4)CC2)C3)n1. The Morgan fingerprint density at radius 2 is 1.82 bits per heavy atom. The molecule has 0 amide bonds. The number of hydrogen-bond acceptors (Lipinski definition) is 6. The fraction of sp³-hybridized carbons (Fsp3) is 0.913. The fourth-order valence-corrected chi connectivity index (χ4v) is 6.26. The summed E-state index contributed by atoms with van der Waals surface area (Å²) in [4.78, 5) is 9.48. The summed E-state index contributed by atoms with van der Waals surface area (Å²) in [6.07, 6.45) is 1.46. The average Bonchev–Trinajstić information content (AvgIpc) is 3.63. The predicted octanol–water partition coefficient (Wildman–Crippen LogP) is 3.33. The number of epoxide rings is 1. The Hall–Kier alpha value is -1.23. The van der Waals surface area contributed by atoms with E-state index in [0.717, 1.165) is 69.9 Å². The number of nitrogens with zero attached hydrogens (tertiary/aromatic N) is 4. The summed E-state index contributed by atoms with van der Waals surface area (Å²) in [6.45, 7) is 8.07. The number of H-pyrrole nitrogens is 1. The molecular weight excluding hydrogens is 433 g/mol. The molecule has 2 saturated carbocycles. The minimum absolute atomic E-state index is 0.0429. The van der Waals surface area contributed by atoms with Crippen molar-refractivity contribution in [2.24, 2.45) is 5.41 Å². The molecule has 5 fully saturated rings. The number of aromatic nitrogens is 3. The lowest BCUT2D eigenvalue weighted by molar-refractivity contribution is -0.168. The molecule has 0 bridgehead atoms. The van der Waals surface area contributed by atoms with Crippen molar-refractivity contribution >= 4 is 0 Å². The highest BCUT2D eigenvalue weighted by Crippen LogP contribution is 2.57. The van der Waals surface area contributed by atoms with Crippen LogP contribution < -0.4 is 5.32 Å². The molecule has 7 nitrogen and oxygen atoms in total. The van der Waals surface area contributed by atoms with Crippen molar-refractivity contribution in [1.82, 2.24) is 30.3 Å². The van der Waals surface area contributed by atoms with Gasteiger partial charge < -0.3 is 10.1 Å². The van der Waals surface area contributed by atoms with Crippen LogP contribution in [0.15, 0.2) is 0 Å². The Kier molecular flexibility index (Phi) is 5.15. The lowest BCUT2D eigenvalue weighted by Gasteiger charge is -2.58. The molecule has 1 aromatic heterocycles. The molecule has 3 atom stereocenters. The van der Waals surface area contributed by atoms with Crippen LogP contribution in [0.1, 0.15) is 82.3 Å². The van der Waals surface area contributed by atoms with Crippen molar-refractivity contribution in [2.75, 3.05) is 26.2 Å². The molecule has 2 unspecified atom stereocenters. The first-order chi connectivity index (χ1) is 15.7. The Labute approximate surface area is 192 Å². The van der Waals surface area contributed by atoms with Gasteiger partial charge in [-0.1, -0.05) is 13.8 Å². The summed E-state index contributed by atoms with van der Waals surface area (Å²) in [5.74, 6) is 2.87. The highest BCUT2D eigenvalue weighted by atomic mass is 19.4. The summed E-state index contributed by atoms with van der Waals surface area (Å²) in [7, 11) is 0. The molecule has 184 valence electrons. The Morgan fingerprint density at radius 3 is 2.42 bits per heavy atom. The molecule has 5 aliphatic rings. The maximum atomic E-state index is 13.2. The number of aromatic amines is 1. The number of rotatable bonds is 7. The molecule has 3 aliphatic heterocycles. The van der Waals surface area contributed by atoms with Gasteiger partial charge in [-0.05, 0) is 50.4 Å². The van der Waals surface area contributed by atoms with Crippen LogP contribution in [0.5, 0.6) is 0 Å². The van der Waals surface area contributed by atoms with Crippen molar-refractivity contribution in [3.05, 3.63) is 11.6 Å². The average molecular weight is 469 g/mol. The van der Waals surface area contributed by atoms with E-state index in [1.165, 1.54) is 0 Å². The smallest absolute Gasteiger partial charge is 0.336 e. The Bertz CT molecular complexity index is 864. The zero-order chi connectivity index (χ0) is 23.0. The van der Waals surface area contributed by atoms with Gasteiger partial charge in [0.25, 0.3) is 0 Å². The number of ether oxygens (including phenoxy) is 1. The molecule has 10 heteroatoms. The largest absolute Gasteiger partial charge is 0.406 e. The second-order valence-electron chi connectivity index (χ2n) is 11.3. The summed E-state index contributed by atoms with van der Waals surface area (Å²) in [5, 5.41) is 10.5. The minimum Gasteiger partial charge on any atom is -0.336 e. The highest BCUT2D eigenvalue weighted by Gasteiger charge is 2.64. The van der Waals surface area contributed by atoms with E-state index in [4.69, 9.17) is 9.72 Å². The zero-order valence-corrected chi connectivity index (χ0v) is 19.5. The number of nitrogens with one attached hydrogen (secondary N) is 2. The molecule has 2 aliphatic carbocycles. The second kappa shape index (κ2) is 7.63. The van der Waals surface area contributed by atoms with E-state index in [-0.39, 0.29) is 31.3 Å². The van der Waals surface area contributed by atoms with Crippen LogP contribution in [-0.4, -0.2) is 81.4 Å². The molecular formula is C23H35F3N6O. The Morgan fingerprint density at radius 1 is 1.15 bits per heavy atom. The van der Waals surface area contributed by atoms with E-state index < -0.39 is 11.7 Å². The van der Waals surface area contributed by atoms with E-state index in [2.05, 4.69) is 39.2 Å². The molecule has 1 spiro atoms. The maximum absolute atomic E-state index is 13.2. The van der Waals surface area contributed by atoms with Crippen molar-refractivity contribution in [1.29, 1.82) is 0 Å². The van der Waals surface area contributed by atoms with Gasteiger partial charge in [-0.3, -0.25) is 14.9 Å². The minimum atomic E-state index is -4.13. The van der Waals surface area contributed by atoms with Crippen LogP contribution >= 0.6 is 0 Å². The third-order valence-corrected chi connectivity index (χ3v) is 8.86. The van der Waals surface area contributed by atoms with Gasteiger partial charge >= 0.3 is 6.18 Å². The lowest BCUT2D eigenvalue weighted by atomic mass is 9.57. The monoisotopic (exact) mass is 468 g/mol. The van der Waals surface area contributed by atoms with Crippen LogP contribution in [0.4, 0.5) is 13.2 Å². The third-order valence-electron chi connectivity index (χ3n) is 8.86. The fourth-order valence-electron chi connectivity index (χ4n) is 6.26. The van der Waals surface area contributed by atoms with Crippen LogP contribution in [-0.2, 0) is 4.74 Å². The molecule has 1 aromatic rings. The number of alkyl halides is 3. The summed E-state index contributed by atoms with van der Waals surface area (Å²) in [6, 6.07) is -0.0429. The number of halogens is 3. The molecule has 2 N–H and O–H groups in total. The molecule has 0 radical (unpaired) electrons. The van der Waals surface area contributed by atoms with E-state index in [1.807, 2.05) is 0 Å². The van der Waals surface area contributed by atoms with Gasteiger partial charge in [-0.2, -0.15) is 18.3 Å². The molecule has 6 rings (SSSR count). The van der Waals surface area contributed by atoms with Crippen molar-refractivity contribution in [3.63, 3.8) is 0 Å². The molecule has 33 heavy (non-hydrogen) atoms. The van der Waals surface area contributed by atoms with Gasteiger partial charge in [0.15, 0.2) is 18.3 Å². The first-order valence-electron chi connectivity index (χ1n) is 12.6. The van der Waals surface area contributed by atoms with Crippen molar-refractivity contribution < 1.29 is 17.9 Å². The van der Waals surface area contributed by atoms with Gasteiger partial charge in [0.2, 0.25) is 0 Å². The van der Waals surface area contributed by atoms with Crippen LogP contribution in [0.3, 0.4) is 0 Å². The predicted molar refractivity (Wildman–Crippen MR) is 115 cm³/mol. The van der Waals surface area contributed by atoms with Crippen molar-refractivity contribution in [2.45, 2.75) is 101 Å². The quantitative estimate of drug-likeness (QED) is 0.598. The van der Waals surface area contributed by atoms with Gasteiger partial charge in [-0.15, -0.1) is 0 Å². The van der Waals surface area contributed by atoms with Crippen molar-refractivity contribution in [3.8, 4) is 0 Å². The third kappa shape index (κ3) is 3.90. The van der Waals surface area contributed by atoms with Gasteiger partial charge in [0, 0.05) is 44.1 Å². The lowest BCUT2D eigenvalue weighted by Crippen LogP contribution is -2.63. The zero-order valence-electron chi connectivity index (χ0n) is 19.5. The number of likely N-dealkylation sites (tertiary alicyclic amines) is 2. The van der Waals surface area contributed by atoms with Crippen LogP contribution in [0.25, 0.3) is 0 Å². The van der Waals surface area contributed by atoms with Crippen LogP contribution in [0, 0.1) is 5.41 Å². The molecule has 0 aromatic carbocycles. The normalized spacial score (nSPS) is 33.0. The summed E-state index contributed by atoms with van der Waals surface area (Å²) in [5.41, 5.74) is -1.20. The van der Waals surface area contributed by atoms with E-state index >= 15 is 0 Å². The number of piperidine rings is 1. The van der Waals surface area contributed by atoms with E-state index in [0.29, 0.717) is 17.3 Å². The topological polar surface area (TPSA) is 72.6 Å². The summed E-state index contributed by atoms with van der Waals surface area (Å²) >= 11 is 0. The second-order valence-corrected chi connectivity index (χ2v) is 11.3. The molecule has 3 saturated heterocycles. The van der Waals surface area contributed by atoms with Crippen LogP contribution in [0.2, 0.25) is 0 Å². The Balaban J connectivity index is 0.925. The molecule has 4 heterocycles. The van der Waals surface area contributed by atoms with E-state index in [9.17, 15) is 13.2 Å². The first-order valence-corrected chi connectivity index (χ1v) is 12.6. The van der Waals surface area contributed by atoms with Gasteiger partial charge in [0.05, 0.1) is 0 Å². The van der Waals surface area contributed by atoms with Gasteiger partial charge in [-0.25, -0.2) is 4.98 Å². The maximum Gasteiger partial charge on any atom is 0.406 e. The van der Waals surface area contributed by atoms with Gasteiger partial charge in [0.1, 0.15) is 11.4 Å². The number of hydrogen-bond donors (Lipinski definition) is 2. The highest BCUT2D eigenvalue weighted by molar-refractivity contribution is 5.16. The first kappa shape index (κ1) is 22.2. The standard InChI is InChI=1S/C23H35F3N6O/c1-3-14(2)17-27-18(30-29-17)15-10-21(11-15)12-32(13-21)20-19(33-20)31-8-4-16(5-9-31)28-22(6-7-22)23(24,25)26/h14-16,19-20,28H,3-13H2,1-2H3,(H,27,29,30)/t14?,19?,20-/m0/s1.